The van der Waals surface area contributed by atoms with Crippen molar-refractivity contribution in [2.45, 2.75) is 19.9 Å². The molecule has 0 amide bonds. The summed E-state index contributed by atoms with van der Waals surface area (Å²) < 4.78 is 0. The molecular formula is C22H25N3S. The van der Waals surface area contributed by atoms with Gasteiger partial charge < -0.3 is 4.90 Å². The average molecular weight is 364 g/mol. The lowest BCUT2D eigenvalue weighted by Crippen LogP contribution is -2.30. The van der Waals surface area contributed by atoms with Crippen LogP contribution in [0, 0.1) is 6.92 Å². The summed E-state index contributed by atoms with van der Waals surface area (Å²) in [6, 6.07) is 19.3. The second kappa shape index (κ2) is 8.02. The minimum Gasteiger partial charge on any atom is -0.370 e. The summed E-state index contributed by atoms with van der Waals surface area (Å²) in [5.41, 5.74) is 5.09. The van der Waals surface area contributed by atoms with E-state index >= 15 is 0 Å². The summed E-state index contributed by atoms with van der Waals surface area (Å²) in [6.45, 7) is 7.56. The van der Waals surface area contributed by atoms with Gasteiger partial charge in [0.2, 0.25) is 0 Å². The summed E-state index contributed by atoms with van der Waals surface area (Å²) in [5.74, 6) is 0. The number of aromatic nitrogens is 1. The van der Waals surface area contributed by atoms with Gasteiger partial charge >= 0.3 is 0 Å². The molecule has 2 aromatic carbocycles. The number of thiazole rings is 1. The fourth-order valence-electron chi connectivity index (χ4n) is 3.53. The molecule has 0 saturated carbocycles. The molecule has 4 heteroatoms. The van der Waals surface area contributed by atoms with E-state index in [1.807, 2.05) is 0 Å². The molecule has 2 heterocycles. The highest BCUT2D eigenvalue weighted by Crippen LogP contribution is 2.24. The first kappa shape index (κ1) is 17.3. The monoisotopic (exact) mass is 363 g/mol. The smallest absolute Gasteiger partial charge is 0.123 e. The normalized spacial score (nSPS) is 15.8. The van der Waals surface area contributed by atoms with Crippen LogP contribution in [0.4, 0.5) is 5.69 Å². The van der Waals surface area contributed by atoms with Crippen LogP contribution in [-0.2, 0) is 6.54 Å². The predicted molar refractivity (Wildman–Crippen MR) is 111 cm³/mol. The number of nitrogens with zero attached hydrogens (tertiary/aromatic N) is 3. The summed E-state index contributed by atoms with van der Waals surface area (Å²) in [5, 5.41) is 3.34. The molecule has 134 valence electrons. The largest absolute Gasteiger partial charge is 0.370 e. The number of aryl methyl sites for hydroxylation is 1. The summed E-state index contributed by atoms with van der Waals surface area (Å²) >= 11 is 1.75. The molecule has 1 saturated heterocycles. The number of benzene rings is 2. The first-order chi connectivity index (χ1) is 12.8. The molecule has 3 aromatic rings. The highest BCUT2D eigenvalue weighted by molar-refractivity contribution is 7.13. The molecule has 26 heavy (non-hydrogen) atoms. The number of anilines is 1. The lowest BCUT2D eigenvalue weighted by molar-refractivity contribution is 0.282. The van der Waals surface area contributed by atoms with Crippen LogP contribution in [-0.4, -0.2) is 36.1 Å². The molecule has 4 rings (SSSR count). The number of hydrogen-bond acceptors (Lipinski definition) is 4. The van der Waals surface area contributed by atoms with E-state index in [9.17, 15) is 0 Å². The van der Waals surface area contributed by atoms with E-state index in [1.165, 1.54) is 28.9 Å². The zero-order valence-corrected chi connectivity index (χ0v) is 16.1. The van der Waals surface area contributed by atoms with Crippen molar-refractivity contribution in [2.24, 2.45) is 0 Å². The second-order valence-corrected chi connectivity index (χ2v) is 7.82. The van der Waals surface area contributed by atoms with Crippen LogP contribution in [0.1, 0.15) is 17.7 Å². The van der Waals surface area contributed by atoms with Gasteiger partial charge in [-0.05, 0) is 31.0 Å². The van der Waals surface area contributed by atoms with Gasteiger partial charge in [-0.3, -0.25) is 4.90 Å². The van der Waals surface area contributed by atoms with Crippen LogP contribution in [0.5, 0.6) is 0 Å². The maximum absolute atomic E-state index is 4.86. The van der Waals surface area contributed by atoms with Gasteiger partial charge in [0.25, 0.3) is 0 Å². The quantitative estimate of drug-likeness (QED) is 0.662. The Kier molecular flexibility index (Phi) is 5.32. The molecule has 0 atom stereocenters. The van der Waals surface area contributed by atoms with E-state index in [0.29, 0.717) is 0 Å². The van der Waals surface area contributed by atoms with Gasteiger partial charge in [-0.15, -0.1) is 11.3 Å². The Morgan fingerprint density at radius 2 is 1.85 bits per heavy atom. The van der Waals surface area contributed by atoms with E-state index in [-0.39, 0.29) is 0 Å². The van der Waals surface area contributed by atoms with Crippen LogP contribution in [0.15, 0.2) is 60.0 Å². The van der Waals surface area contributed by atoms with E-state index in [0.717, 1.165) is 37.7 Å². The Bertz CT molecular complexity index is 843. The van der Waals surface area contributed by atoms with Crippen molar-refractivity contribution < 1.29 is 0 Å². The van der Waals surface area contributed by atoms with Gasteiger partial charge in [-0.25, -0.2) is 4.98 Å². The molecule has 1 aliphatic heterocycles. The van der Waals surface area contributed by atoms with Gasteiger partial charge in [0.15, 0.2) is 0 Å². The molecule has 1 aliphatic rings. The molecule has 3 nitrogen and oxygen atoms in total. The lowest BCUT2D eigenvalue weighted by Gasteiger charge is -2.23. The van der Waals surface area contributed by atoms with Crippen LogP contribution >= 0.6 is 11.3 Å². The van der Waals surface area contributed by atoms with Crippen molar-refractivity contribution in [3.63, 3.8) is 0 Å². The molecule has 0 spiro atoms. The highest BCUT2D eigenvalue weighted by atomic mass is 32.1. The molecule has 0 N–H and O–H groups in total. The third kappa shape index (κ3) is 4.14. The van der Waals surface area contributed by atoms with Crippen molar-refractivity contribution in [1.29, 1.82) is 0 Å². The Labute approximate surface area is 159 Å². The molecular weight excluding hydrogens is 338 g/mol. The minimum atomic E-state index is 0.949. The average Bonchev–Trinajstić information content (AvgIpc) is 3.00. The van der Waals surface area contributed by atoms with Gasteiger partial charge in [0, 0.05) is 49.4 Å². The third-order valence-corrected chi connectivity index (χ3v) is 5.85. The SMILES string of the molecule is Cc1cccc(N2CCCN(Cc3csc(-c4ccccc4)n3)CC2)c1. The first-order valence-corrected chi connectivity index (χ1v) is 10.2. The summed E-state index contributed by atoms with van der Waals surface area (Å²) in [7, 11) is 0. The summed E-state index contributed by atoms with van der Waals surface area (Å²) in [4.78, 5) is 9.92. The van der Waals surface area contributed by atoms with E-state index in [4.69, 9.17) is 4.98 Å². The maximum atomic E-state index is 4.86. The Balaban J connectivity index is 1.38. The summed E-state index contributed by atoms with van der Waals surface area (Å²) in [6.07, 6.45) is 1.20. The van der Waals surface area contributed by atoms with Gasteiger partial charge in [-0.1, -0.05) is 42.5 Å². The van der Waals surface area contributed by atoms with Crippen molar-refractivity contribution in [3.8, 4) is 10.6 Å². The van der Waals surface area contributed by atoms with Gasteiger partial charge in [0.05, 0.1) is 5.69 Å². The van der Waals surface area contributed by atoms with Crippen LogP contribution in [0.2, 0.25) is 0 Å². The zero-order chi connectivity index (χ0) is 17.8. The van der Waals surface area contributed by atoms with E-state index in [1.54, 1.807) is 11.3 Å². The molecule has 1 aromatic heterocycles. The molecule has 0 bridgehead atoms. The van der Waals surface area contributed by atoms with Gasteiger partial charge in [0.1, 0.15) is 5.01 Å². The second-order valence-electron chi connectivity index (χ2n) is 6.97. The van der Waals surface area contributed by atoms with Crippen molar-refractivity contribution in [2.75, 3.05) is 31.1 Å². The van der Waals surface area contributed by atoms with Gasteiger partial charge in [-0.2, -0.15) is 0 Å². The maximum Gasteiger partial charge on any atom is 0.123 e. The lowest BCUT2D eigenvalue weighted by atomic mass is 10.2. The van der Waals surface area contributed by atoms with E-state index < -0.39 is 0 Å². The molecule has 0 radical (unpaired) electrons. The van der Waals surface area contributed by atoms with Crippen molar-refractivity contribution in [3.05, 3.63) is 71.2 Å². The van der Waals surface area contributed by atoms with Crippen LogP contribution in [0.25, 0.3) is 10.6 Å². The highest BCUT2D eigenvalue weighted by Gasteiger charge is 2.16. The van der Waals surface area contributed by atoms with Crippen molar-refractivity contribution >= 4 is 17.0 Å². The Hall–Kier alpha value is -2.17. The fraction of sp³-hybridized carbons (Fsp3) is 0.318. The molecule has 0 unspecified atom stereocenters. The standard InChI is InChI=1S/C22H25N3S/c1-18-7-5-10-21(15-18)25-12-6-11-24(13-14-25)16-20-17-26-22(23-20)19-8-3-2-4-9-19/h2-5,7-10,15,17H,6,11-14,16H2,1H3. The topological polar surface area (TPSA) is 19.4 Å². The van der Waals surface area contributed by atoms with Crippen LogP contribution < -0.4 is 4.90 Å². The minimum absolute atomic E-state index is 0.949. The van der Waals surface area contributed by atoms with E-state index in [2.05, 4.69) is 76.7 Å². The molecule has 1 fully saturated rings. The fourth-order valence-corrected chi connectivity index (χ4v) is 4.35. The number of hydrogen-bond donors (Lipinski definition) is 0. The van der Waals surface area contributed by atoms with Crippen LogP contribution in [0.3, 0.4) is 0 Å². The predicted octanol–water partition coefficient (Wildman–Crippen LogP) is 4.83. The van der Waals surface area contributed by atoms with Crippen molar-refractivity contribution in [1.82, 2.24) is 9.88 Å². The Morgan fingerprint density at radius 1 is 0.962 bits per heavy atom. The zero-order valence-electron chi connectivity index (χ0n) is 15.3. The third-order valence-electron chi connectivity index (χ3n) is 4.91. The number of rotatable bonds is 4. The molecule has 0 aliphatic carbocycles. The Morgan fingerprint density at radius 3 is 2.69 bits per heavy atom. The first-order valence-electron chi connectivity index (χ1n) is 9.32.